The van der Waals surface area contributed by atoms with Crippen molar-refractivity contribution in [3.05, 3.63) is 17.5 Å². The summed E-state index contributed by atoms with van der Waals surface area (Å²) in [6, 6.07) is 3.25. The van der Waals surface area contributed by atoms with Crippen LogP contribution in [0.4, 0.5) is 0 Å². The Morgan fingerprint density at radius 3 is 2.88 bits per heavy atom. The Morgan fingerprint density at radius 2 is 2.29 bits per heavy atom. The van der Waals surface area contributed by atoms with Gasteiger partial charge in [0.25, 0.3) is 10.0 Å². The zero-order valence-corrected chi connectivity index (χ0v) is 11.5. The Labute approximate surface area is 106 Å². The van der Waals surface area contributed by atoms with E-state index in [1.54, 1.807) is 21.8 Å². The van der Waals surface area contributed by atoms with E-state index >= 15 is 0 Å². The first-order valence-electron chi connectivity index (χ1n) is 5.84. The Kier molecular flexibility index (Phi) is 3.87. The predicted octanol–water partition coefficient (Wildman–Crippen LogP) is 1.64. The standard InChI is InChI=1S/C11H18N2O2S2/c1-9(12)10-5-2-3-7-13(10)17(14,15)11-6-4-8-16-11/h4,6,8-10H,2-3,5,7,12H2,1H3. The lowest BCUT2D eigenvalue weighted by molar-refractivity contribution is 0.227. The van der Waals surface area contributed by atoms with Crippen molar-refractivity contribution in [2.24, 2.45) is 5.73 Å². The fourth-order valence-corrected chi connectivity index (χ4v) is 5.17. The van der Waals surface area contributed by atoms with Gasteiger partial charge in [0.2, 0.25) is 0 Å². The van der Waals surface area contributed by atoms with Crippen molar-refractivity contribution in [1.82, 2.24) is 4.31 Å². The Hall–Kier alpha value is -0.430. The first-order chi connectivity index (χ1) is 8.03. The Balaban J connectivity index is 2.31. The van der Waals surface area contributed by atoms with E-state index in [9.17, 15) is 8.42 Å². The summed E-state index contributed by atoms with van der Waals surface area (Å²) in [6.45, 7) is 2.47. The molecule has 6 heteroatoms. The predicted molar refractivity (Wildman–Crippen MR) is 69.5 cm³/mol. The van der Waals surface area contributed by atoms with Gasteiger partial charge >= 0.3 is 0 Å². The third kappa shape index (κ3) is 2.54. The van der Waals surface area contributed by atoms with Crippen molar-refractivity contribution >= 4 is 21.4 Å². The molecule has 0 amide bonds. The molecular weight excluding hydrogens is 256 g/mol. The summed E-state index contributed by atoms with van der Waals surface area (Å²) >= 11 is 1.27. The first-order valence-corrected chi connectivity index (χ1v) is 8.16. The summed E-state index contributed by atoms with van der Waals surface area (Å²) in [5, 5.41) is 1.79. The quantitative estimate of drug-likeness (QED) is 0.911. The lowest BCUT2D eigenvalue weighted by Crippen LogP contribution is -2.51. The van der Waals surface area contributed by atoms with Crippen LogP contribution in [-0.4, -0.2) is 31.4 Å². The molecule has 4 nitrogen and oxygen atoms in total. The number of sulfonamides is 1. The van der Waals surface area contributed by atoms with Crippen LogP contribution in [0.15, 0.2) is 21.7 Å². The number of thiophene rings is 1. The van der Waals surface area contributed by atoms with Gasteiger partial charge in [0.15, 0.2) is 0 Å². The molecule has 0 bridgehead atoms. The van der Waals surface area contributed by atoms with Gasteiger partial charge in [-0.1, -0.05) is 12.5 Å². The van der Waals surface area contributed by atoms with Crippen LogP contribution in [0.25, 0.3) is 0 Å². The summed E-state index contributed by atoms with van der Waals surface area (Å²) in [7, 11) is -3.34. The van der Waals surface area contributed by atoms with Crippen LogP contribution >= 0.6 is 11.3 Å². The number of hydrogen-bond acceptors (Lipinski definition) is 4. The average molecular weight is 274 g/mol. The van der Waals surface area contributed by atoms with Gasteiger partial charge in [0.05, 0.1) is 0 Å². The van der Waals surface area contributed by atoms with Crippen LogP contribution in [-0.2, 0) is 10.0 Å². The van der Waals surface area contributed by atoms with E-state index in [1.165, 1.54) is 11.3 Å². The molecule has 1 aromatic heterocycles. The van der Waals surface area contributed by atoms with E-state index < -0.39 is 10.0 Å². The molecule has 0 radical (unpaired) electrons. The fourth-order valence-electron chi connectivity index (χ4n) is 2.28. The van der Waals surface area contributed by atoms with Crippen molar-refractivity contribution in [2.75, 3.05) is 6.54 Å². The van der Waals surface area contributed by atoms with Gasteiger partial charge in [0.1, 0.15) is 4.21 Å². The van der Waals surface area contributed by atoms with Crippen LogP contribution in [0.5, 0.6) is 0 Å². The zero-order chi connectivity index (χ0) is 12.5. The molecule has 2 rings (SSSR count). The summed E-state index contributed by atoms with van der Waals surface area (Å²) in [4.78, 5) is 0. The van der Waals surface area contributed by atoms with Gasteiger partial charge in [0, 0.05) is 18.6 Å². The second-order valence-corrected chi connectivity index (χ2v) is 7.54. The molecule has 96 valence electrons. The maximum atomic E-state index is 12.4. The number of hydrogen-bond donors (Lipinski definition) is 1. The first kappa shape index (κ1) is 13.0. The molecule has 0 aliphatic carbocycles. The van der Waals surface area contributed by atoms with E-state index in [1.807, 2.05) is 6.92 Å². The number of rotatable bonds is 3. The molecule has 1 aliphatic rings. The third-order valence-electron chi connectivity index (χ3n) is 3.16. The fraction of sp³-hybridized carbons (Fsp3) is 0.636. The number of nitrogens with zero attached hydrogens (tertiary/aromatic N) is 1. The molecule has 1 aliphatic heterocycles. The summed E-state index contributed by atoms with van der Waals surface area (Å²) < 4.78 is 26.9. The van der Waals surface area contributed by atoms with Crippen LogP contribution in [0, 0.1) is 0 Å². The third-order valence-corrected chi connectivity index (χ3v) is 6.46. The molecular formula is C11H18N2O2S2. The molecule has 2 heterocycles. The van der Waals surface area contributed by atoms with Gasteiger partial charge in [-0.2, -0.15) is 4.31 Å². The minimum absolute atomic E-state index is 0.0594. The van der Waals surface area contributed by atoms with Crippen LogP contribution in [0.2, 0.25) is 0 Å². The van der Waals surface area contributed by atoms with Crippen molar-refractivity contribution in [1.29, 1.82) is 0 Å². The Morgan fingerprint density at radius 1 is 1.53 bits per heavy atom. The van der Waals surface area contributed by atoms with E-state index in [-0.39, 0.29) is 12.1 Å². The van der Waals surface area contributed by atoms with Gasteiger partial charge in [-0.15, -0.1) is 11.3 Å². The summed E-state index contributed by atoms with van der Waals surface area (Å²) in [5.74, 6) is 0. The molecule has 1 saturated heterocycles. The molecule has 0 aromatic carbocycles. The minimum Gasteiger partial charge on any atom is -0.326 e. The van der Waals surface area contributed by atoms with Crippen molar-refractivity contribution < 1.29 is 8.42 Å². The SMILES string of the molecule is CC(N)C1CCCCN1S(=O)(=O)c1cccs1. The van der Waals surface area contributed by atoms with Gasteiger partial charge in [-0.25, -0.2) is 8.42 Å². The lowest BCUT2D eigenvalue weighted by Gasteiger charge is -2.36. The molecule has 1 aromatic rings. The molecule has 17 heavy (non-hydrogen) atoms. The van der Waals surface area contributed by atoms with Crippen LogP contribution in [0.3, 0.4) is 0 Å². The maximum Gasteiger partial charge on any atom is 0.252 e. The van der Waals surface area contributed by atoms with E-state index in [2.05, 4.69) is 0 Å². The second kappa shape index (κ2) is 5.06. The van der Waals surface area contributed by atoms with Crippen LogP contribution in [0.1, 0.15) is 26.2 Å². The van der Waals surface area contributed by atoms with E-state index in [0.717, 1.165) is 19.3 Å². The highest BCUT2D eigenvalue weighted by atomic mass is 32.2. The van der Waals surface area contributed by atoms with Gasteiger partial charge in [-0.3, -0.25) is 0 Å². The van der Waals surface area contributed by atoms with Gasteiger partial charge < -0.3 is 5.73 Å². The number of piperidine rings is 1. The topological polar surface area (TPSA) is 63.4 Å². The Bertz CT molecular complexity index is 454. The zero-order valence-electron chi connectivity index (χ0n) is 9.87. The van der Waals surface area contributed by atoms with Crippen molar-refractivity contribution in [3.63, 3.8) is 0 Å². The molecule has 2 atom stereocenters. The molecule has 2 unspecified atom stereocenters. The smallest absolute Gasteiger partial charge is 0.252 e. The van der Waals surface area contributed by atoms with Crippen molar-refractivity contribution in [2.45, 2.75) is 42.5 Å². The highest BCUT2D eigenvalue weighted by Gasteiger charge is 2.35. The number of nitrogens with two attached hydrogens (primary N) is 1. The summed E-state index contributed by atoms with van der Waals surface area (Å²) in [5.41, 5.74) is 5.90. The molecule has 1 fully saturated rings. The molecule has 2 N–H and O–H groups in total. The van der Waals surface area contributed by atoms with Gasteiger partial charge in [-0.05, 0) is 31.2 Å². The monoisotopic (exact) mass is 274 g/mol. The maximum absolute atomic E-state index is 12.4. The molecule has 0 saturated carbocycles. The van der Waals surface area contributed by atoms with Crippen LogP contribution < -0.4 is 5.73 Å². The lowest BCUT2D eigenvalue weighted by atomic mass is 10.00. The highest BCUT2D eigenvalue weighted by Crippen LogP contribution is 2.28. The minimum atomic E-state index is -3.34. The normalized spacial score (nSPS) is 24.7. The second-order valence-electron chi connectivity index (χ2n) is 4.47. The summed E-state index contributed by atoms with van der Waals surface area (Å²) in [6.07, 6.45) is 2.85. The largest absolute Gasteiger partial charge is 0.326 e. The van der Waals surface area contributed by atoms with E-state index in [4.69, 9.17) is 5.73 Å². The highest BCUT2D eigenvalue weighted by molar-refractivity contribution is 7.91. The molecule has 0 spiro atoms. The van der Waals surface area contributed by atoms with Crippen molar-refractivity contribution in [3.8, 4) is 0 Å². The average Bonchev–Trinajstić information content (AvgIpc) is 2.83. The van der Waals surface area contributed by atoms with E-state index in [0.29, 0.717) is 10.8 Å².